The molecule has 0 unspecified atom stereocenters. The molecule has 2 aromatic carbocycles. The van der Waals surface area contributed by atoms with Gasteiger partial charge in [0.15, 0.2) is 11.5 Å². The first-order valence-electron chi connectivity index (χ1n) is 8.35. The third-order valence-electron chi connectivity index (χ3n) is 3.76. The van der Waals surface area contributed by atoms with Crippen LogP contribution in [0.15, 0.2) is 42.5 Å². The fraction of sp³-hybridized carbons (Fsp3) is 0.400. The number of fused-ring (bicyclic) bond motifs is 1. The van der Waals surface area contributed by atoms with Crippen LogP contribution in [-0.4, -0.2) is 18.8 Å². The van der Waals surface area contributed by atoms with E-state index in [1.54, 1.807) is 0 Å². The van der Waals surface area contributed by atoms with Crippen molar-refractivity contribution in [2.75, 3.05) is 13.2 Å². The van der Waals surface area contributed by atoms with Gasteiger partial charge in [-0.05, 0) is 56.2 Å². The average Bonchev–Trinajstić information content (AvgIpc) is 2.58. The summed E-state index contributed by atoms with van der Waals surface area (Å²) in [7, 11) is 0. The van der Waals surface area contributed by atoms with Gasteiger partial charge in [0.05, 0.1) is 0 Å². The molecule has 0 bridgehead atoms. The highest BCUT2D eigenvalue weighted by atomic mass is 16.6. The molecule has 4 heteroatoms. The third-order valence-corrected chi connectivity index (χ3v) is 3.76. The maximum Gasteiger partial charge on any atom is 0.161 e. The van der Waals surface area contributed by atoms with Crippen molar-refractivity contribution in [3.8, 4) is 17.2 Å². The minimum absolute atomic E-state index is 0.118. The van der Waals surface area contributed by atoms with E-state index in [2.05, 4.69) is 38.2 Å². The number of nitrogens with one attached hydrogen (secondary N) is 1. The average molecular weight is 327 g/mol. The zero-order valence-electron chi connectivity index (χ0n) is 14.6. The molecule has 0 aliphatic carbocycles. The van der Waals surface area contributed by atoms with Crippen LogP contribution in [0.3, 0.4) is 0 Å². The Morgan fingerprint density at radius 2 is 1.58 bits per heavy atom. The summed E-state index contributed by atoms with van der Waals surface area (Å²) in [5.41, 5.74) is 2.43. The van der Waals surface area contributed by atoms with Crippen LogP contribution >= 0.6 is 0 Å². The molecule has 128 valence electrons. The van der Waals surface area contributed by atoms with Crippen LogP contribution in [0, 0.1) is 0 Å². The highest BCUT2D eigenvalue weighted by molar-refractivity contribution is 5.43. The lowest BCUT2D eigenvalue weighted by atomic mass is 10.1. The summed E-state index contributed by atoms with van der Waals surface area (Å²) in [5, 5.41) is 3.48. The molecule has 0 saturated carbocycles. The van der Waals surface area contributed by atoms with Crippen LogP contribution in [0.2, 0.25) is 0 Å². The predicted octanol–water partition coefficient (Wildman–Crippen LogP) is 3.92. The van der Waals surface area contributed by atoms with E-state index in [1.165, 1.54) is 5.56 Å². The molecular formula is C20H25NO3. The van der Waals surface area contributed by atoms with Crippen LogP contribution in [-0.2, 0) is 13.2 Å². The number of ether oxygens (including phenoxy) is 3. The second-order valence-corrected chi connectivity index (χ2v) is 7.01. The molecule has 0 saturated heterocycles. The first-order chi connectivity index (χ1) is 11.5. The van der Waals surface area contributed by atoms with Crippen LogP contribution in [0.5, 0.6) is 17.2 Å². The Balaban J connectivity index is 1.55. The molecule has 1 aliphatic heterocycles. The van der Waals surface area contributed by atoms with Crippen LogP contribution in [0.1, 0.15) is 31.9 Å². The second kappa shape index (κ2) is 7.14. The van der Waals surface area contributed by atoms with E-state index < -0.39 is 0 Å². The molecule has 1 aliphatic rings. The van der Waals surface area contributed by atoms with E-state index in [0.717, 1.165) is 29.4 Å². The minimum Gasteiger partial charge on any atom is -0.489 e. The SMILES string of the molecule is CC(C)(C)NCc1ccc(OCc2ccc3c(c2)OCCO3)cc1. The van der Waals surface area contributed by atoms with Gasteiger partial charge in [0, 0.05) is 12.1 Å². The molecule has 0 atom stereocenters. The Morgan fingerprint density at radius 3 is 2.29 bits per heavy atom. The van der Waals surface area contributed by atoms with E-state index in [9.17, 15) is 0 Å². The summed E-state index contributed by atoms with van der Waals surface area (Å²) in [6.45, 7) is 9.07. The molecule has 0 radical (unpaired) electrons. The molecule has 1 N–H and O–H groups in total. The standard InChI is InChI=1S/C20H25NO3/c1-20(2,3)21-13-15-4-7-17(8-5-15)24-14-16-6-9-18-19(12-16)23-11-10-22-18/h4-9,12,21H,10-11,13-14H2,1-3H3. The van der Waals surface area contributed by atoms with Crippen molar-refractivity contribution in [3.63, 3.8) is 0 Å². The van der Waals surface area contributed by atoms with Crippen molar-refractivity contribution in [2.24, 2.45) is 0 Å². The summed E-state index contributed by atoms with van der Waals surface area (Å²) in [5.74, 6) is 2.47. The summed E-state index contributed by atoms with van der Waals surface area (Å²) < 4.78 is 17.0. The highest BCUT2D eigenvalue weighted by Gasteiger charge is 2.12. The van der Waals surface area contributed by atoms with Crippen molar-refractivity contribution < 1.29 is 14.2 Å². The van der Waals surface area contributed by atoms with Crippen molar-refractivity contribution in [1.82, 2.24) is 5.32 Å². The zero-order chi connectivity index (χ0) is 17.0. The number of hydrogen-bond donors (Lipinski definition) is 1. The molecule has 0 spiro atoms. The zero-order valence-corrected chi connectivity index (χ0v) is 14.6. The van der Waals surface area contributed by atoms with Gasteiger partial charge >= 0.3 is 0 Å². The van der Waals surface area contributed by atoms with Crippen molar-refractivity contribution in [1.29, 1.82) is 0 Å². The first kappa shape index (κ1) is 16.7. The molecule has 2 aromatic rings. The molecular weight excluding hydrogens is 302 g/mol. The van der Waals surface area contributed by atoms with E-state index in [4.69, 9.17) is 14.2 Å². The third kappa shape index (κ3) is 4.65. The van der Waals surface area contributed by atoms with Crippen molar-refractivity contribution in [2.45, 2.75) is 39.5 Å². The lowest BCUT2D eigenvalue weighted by Crippen LogP contribution is -2.34. The van der Waals surface area contributed by atoms with Crippen LogP contribution in [0.4, 0.5) is 0 Å². The molecule has 0 aromatic heterocycles. The Bertz CT molecular complexity index is 674. The smallest absolute Gasteiger partial charge is 0.161 e. The normalized spacial score (nSPS) is 13.6. The lowest BCUT2D eigenvalue weighted by Gasteiger charge is -2.20. The molecule has 0 fully saturated rings. The monoisotopic (exact) mass is 327 g/mol. The fourth-order valence-electron chi connectivity index (χ4n) is 2.41. The van der Waals surface area contributed by atoms with E-state index in [1.807, 2.05) is 30.3 Å². The van der Waals surface area contributed by atoms with Gasteiger partial charge in [0.2, 0.25) is 0 Å². The number of hydrogen-bond acceptors (Lipinski definition) is 4. The molecule has 0 amide bonds. The summed E-state index contributed by atoms with van der Waals surface area (Å²) >= 11 is 0. The Morgan fingerprint density at radius 1 is 0.917 bits per heavy atom. The lowest BCUT2D eigenvalue weighted by molar-refractivity contribution is 0.171. The van der Waals surface area contributed by atoms with Gasteiger partial charge in [0.1, 0.15) is 25.6 Å². The Labute approximate surface area is 143 Å². The highest BCUT2D eigenvalue weighted by Crippen LogP contribution is 2.31. The van der Waals surface area contributed by atoms with E-state index in [0.29, 0.717) is 19.8 Å². The maximum absolute atomic E-state index is 5.87. The van der Waals surface area contributed by atoms with E-state index in [-0.39, 0.29) is 5.54 Å². The van der Waals surface area contributed by atoms with Crippen molar-refractivity contribution >= 4 is 0 Å². The van der Waals surface area contributed by atoms with Crippen molar-refractivity contribution in [3.05, 3.63) is 53.6 Å². The molecule has 1 heterocycles. The van der Waals surface area contributed by atoms with Gasteiger partial charge in [-0.15, -0.1) is 0 Å². The number of rotatable bonds is 5. The minimum atomic E-state index is 0.118. The molecule has 4 nitrogen and oxygen atoms in total. The number of benzene rings is 2. The Kier molecular flexibility index (Phi) is 4.95. The van der Waals surface area contributed by atoms with Gasteiger partial charge in [-0.2, -0.15) is 0 Å². The van der Waals surface area contributed by atoms with Gasteiger partial charge < -0.3 is 19.5 Å². The fourth-order valence-corrected chi connectivity index (χ4v) is 2.41. The van der Waals surface area contributed by atoms with Gasteiger partial charge in [-0.3, -0.25) is 0 Å². The largest absolute Gasteiger partial charge is 0.489 e. The van der Waals surface area contributed by atoms with Crippen LogP contribution in [0.25, 0.3) is 0 Å². The van der Waals surface area contributed by atoms with Gasteiger partial charge in [-0.25, -0.2) is 0 Å². The summed E-state index contributed by atoms with van der Waals surface area (Å²) in [6, 6.07) is 14.1. The quantitative estimate of drug-likeness (QED) is 0.903. The predicted molar refractivity (Wildman–Crippen MR) is 94.8 cm³/mol. The van der Waals surface area contributed by atoms with Gasteiger partial charge in [-0.1, -0.05) is 18.2 Å². The topological polar surface area (TPSA) is 39.7 Å². The van der Waals surface area contributed by atoms with Gasteiger partial charge in [0.25, 0.3) is 0 Å². The Hall–Kier alpha value is -2.20. The molecule has 24 heavy (non-hydrogen) atoms. The molecule has 3 rings (SSSR count). The second-order valence-electron chi connectivity index (χ2n) is 7.01. The summed E-state index contributed by atoms with van der Waals surface area (Å²) in [6.07, 6.45) is 0. The van der Waals surface area contributed by atoms with Crippen LogP contribution < -0.4 is 19.5 Å². The first-order valence-corrected chi connectivity index (χ1v) is 8.35. The van der Waals surface area contributed by atoms with E-state index >= 15 is 0 Å². The summed E-state index contributed by atoms with van der Waals surface area (Å²) in [4.78, 5) is 0. The maximum atomic E-state index is 5.87.